The molecule has 0 N–H and O–H groups in total. The highest BCUT2D eigenvalue weighted by atomic mass is 16.5. The maximum atomic E-state index is 12.5. The van der Waals surface area contributed by atoms with Gasteiger partial charge < -0.3 is 13.9 Å². The van der Waals surface area contributed by atoms with Crippen LogP contribution in [0, 0.1) is 6.92 Å². The van der Waals surface area contributed by atoms with E-state index >= 15 is 0 Å². The van der Waals surface area contributed by atoms with Gasteiger partial charge in [-0.15, -0.1) is 0 Å². The van der Waals surface area contributed by atoms with Crippen LogP contribution in [0.15, 0.2) is 46.9 Å². The number of aryl methyl sites for hydroxylation is 1. The number of benzene rings is 2. The zero-order valence-electron chi connectivity index (χ0n) is 18.1. The zero-order valence-corrected chi connectivity index (χ0v) is 18.1. The molecule has 1 aromatic heterocycles. The van der Waals surface area contributed by atoms with Crippen molar-refractivity contribution in [1.82, 2.24) is 0 Å². The van der Waals surface area contributed by atoms with E-state index in [0.29, 0.717) is 35.0 Å². The molecule has 0 radical (unpaired) electrons. The molecule has 1 aliphatic rings. The quantitative estimate of drug-likeness (QED) is 0.335. The van der Waals surface area contributed by atoms with Gasteiger partial charge in [-0.3, -0.25) is 4.79 Å². The lowest BCUT2D eigenvalue weighted by Gasteiger charge is -2.22. The van der Waals surface area contributed by atoms with E-state index < -0.39 is 5.97 Å². The van der Waals surface area contributed by atoms with Crippen molar-refractivity contribution in [1.29, 1.82) is 0 Å². The topological polar surface area (TPSA) is 65.7 Å². The van der Waals surface area contributed by atoms with Crippen LogP contribution in [0.25, 0.3) is 11.0 Å². The Kier molecular flexibility index (Phi) is 6.40. The number of hydrogen-bond acceptors (Lipinski definition) is 5. The van der Waals surface area contributed by atoms with Gasteiger partial charge in [-0.1, -0.05) is 43.5 Å². The Bertz CT molecular complexity index is 1070. The summed E-state index contributed by atoms with van der Waals surface area (Å²) in [4.78, 5) is 25.1. The summed E-state index contributed by atoms with van der Waals surface area (Å²) in [6.45, 7) is 3.95. The monoisotopic (exact) mass is 420 g/mol. The van der Waals surface area contributed by atoms with Crippen LogP contribution < -0.4 is 4.74 Å². The fourth-order valence-corrected chi connectivity index (χ4v) is 4.31. The molecule has 4 rings (SSSR count). The van der Waals surface area contributed by atoms with Crippen molar-refractivity contribution < 1.29 is 23.5 Å². The molecule has 0 atom stereocenters. The van der Waals surface area contributed by atoms with Crippen molar-refractivity contribution in [2.45, 2.75) is 51.9 Å². The lowest BCUT2D eigenvalue weighted by atomic mass is 9.84. The fraction of sp³-hybridized carbons (Fsp3) is 0.385. The number of carbonyl (C=O) groups excluding carboxylic acids is 2. The Morgan fingerprint density at radius 1 is 1.03 bits per heavy atom. The Balaban J connectivity index is 1.40. The molecular weight excluding hydrogens is 392 g/mol. The Morgan fingerprint density at radius 3 is 2.48 bits per heavy atom. The van der Waals surface area contributed by atoms with E-state index in [2.05, 4.69) is 0 Å². The third-order valence-corrected chi connectivity index (χ3v) is 6.05. The van der Waals surface area contributed by atoms with Crippen molar-refractivity contribution in [2.75, 3.05) is 13.2 Å². The van der Waals surface area contributed by atoms with E-state index in [1.807, 2.05) is 37.3 Å². The van der Waals surface area contributed by atoms with Crippen molar-refractivity contribution in [3.05, 3.63) is 64.9 Å². The average Bonchev–Trinajstić information content (AvgIpc) is 3.14. The molecule has 2 aromatic carbocycles. The molecule has 3 aromatic rings. The molecule has 1 heterocycles. The standard InChI is InChI=1S/C26H28O5/c1-3-29-21-13-14-24-22(15-21)17(2)25(31-24)26(28)30-16-23(27)20-11-9-19(10-12-20)18-7-5-4-6-8-18/h9-15,18H,3-8,16H2,1-2H3. The van der Waals surface area contributed by atoms with Crippen LogP contribution >= 0.6 is 0 Å². The number of hydrogen-bond donors (Lipinski definition) is 0. The summed E-state index contributed by atoms with van der Waals surface area (Å²) in [6, 6.07) is 13.1. The summed E-state index contributed by atoms with van der Waals surface area (Å²) in [7, 11) is 0. The van der Waals surface area contributed by atoms with E-state index in [9.17, 15) is 9.59 Å². The highest BCUT2D eigenvalue weighted by Crippen LogP contribution is 2.33. The molecule has 0 spiro atoms. The second-order valence-corrected chi connectivity index (χ2v) is 8.10. The van der Waals surface area contributed by atoms with Gasteiger partial charge in [0.1, 0.15) is 11.3 Å². The minimum absolute atomic E-state index is 0.115. The Morgan fingerprint density at radius 2 is 1.77 bits per heavy atom. The molecule has 0 saturated heterocycles. The molecule has 0 aliphatic heterocycles. The molecule has 0 bridgehead atoms. The molecule has 1 aliphatic carbocycles. The molecule has 5 nitrogen and oxygen atoms in total. The van der Waals surface area contributed by atoms with Gasteiger partial charge in [0.15, 0.2) is 12.4 Å². The van der Waals surface area contributed by atoms with E-state index in [-0.39, 0.29) is 18.2 Å². The zero-order chi connectivity index (χ0) is 21.8. The minimum atomic E-state index is -0.640. The normalized spacial score (nSPS) is 14.5. The largest absolute Gasteiger partial charge is 0.494 e. The van der Waals surface area contributed by atoms with Gasteiger partial charge in [0.25, 0.3) is 0 Å². The van der Waals surface area contributed by atoms with Crippen molar-refractivity contribution in [3.8, 4) is 5.75 Å². The van der Waals surface area contributed by atoms with Crippen LogP contribution in [-0.2, 0) is 4.74 Å². The second kappa shape index (κ2) is 9.38. The number of ketones is 1. The maximum Gasteiger partial charge on any atom is 0.375 e. The SMILES string of the molecule is CCOc1ccc2oc(C(=O)OCC(=O)c3ccc(C4CCCCC4)cc3)c(C)c2c1. The highest BCUT2D eigenvalue weighted by molar-refractivity contribution is 6.00. The van der Waals surface area contributed by atoms with E-state index in [1.165, 1.54) is 37.7 Å². The number of Topliss-reactive ketones (excluding diaryl/α,β-unsaturated/α-hetero) is 1. The van der Waals surface area contributed by atoms with E-state index in [1.54, 1.807) is 19.1 Å². The number of esters is 1. The molecule has 0 unspecified atom stereocenters. The molecule has 1 fully saturated rings. The van der Waals surface area contributed by atoms with Crippen LogP contribution in [-0.4, -0.2) is 25.0 Å². The highest BCUT2D eigenvalue weighted by Gasteiger charge is 2.21. The van der Waals surface area contributed by atoms with Gasteiger partial charge in [-0.25, -0.2) is 4.79 Å². The van der Waals surface area contributed by atoms with Gasteiger partial charge in [0.05, 0.1) is 6.61 Å². The van der Waals surface area contributed by atoms with Crippen LogP contribution in [0.3, 0.4) is 0 Å². The molecule has 0 amide bonds. The first-order chi connectivity index (χ1) is 15.1. The summed E-state index contributed by atoms with van der Waals surface area (Å²) in [6.07, 6.45) is 6.29. The third kappa shape index (κ3) is 4.66. The summed E-state index contributed by atoms with van der Waals surface area (Å²) < 4.78 is 16.4. The average molecular weight is 421 g/mol. The fourth-order valence-electron chi connectivity index (χ4n) is 4.31. The van der Waals surface area contributed by atoms with Crippen molar-refractivity contribution in [3.63, 3.8) is 0 Å². The Labute approximate surface area is 182 Å². The Hall–Kier alpha value is -3.08. The first-order valence-corrected chi connectivity index (χ1v) is 11.0. The van der Waals surface area contributed by atoms with Gasteiger partial charge >= 0.3 is 5.97 Å². The summed E-state index contributed by atoms with van der Waals surface area (Å²) in [5.74, 6) is 0.555. The van der Waals surface area contributed by atoms with Gasteiger partial charge in [-0.05, 0) is 56.4 Å². The van der Waals surface area contributed by atoms with Crippen LogP contribution in [0.2, 0.25) is 0 Å². The molecular formula is C26H28O5. The maximum absolute atomic E-state index is 12.5. The molecule has 162 valence electrons. The summed E-state index contributed by atoms with van der Waals surface area (Å²) in [5.41, 5.74) is 3.09. The van der Waals surface area contributed by atoms with Gasteiger partial charge in [-0.2, -0.15) is 0 Å². The number of ether oxygens (including phenoxy) is 2. The van der Waals surface area contributed by atoms with E-state index in [4.69, 9.17) is 13.9 Å². The van der Waals surface area contributed by atoms with Crippen LogP contribution in [0.4, 0.5) is 0 Å². The van der Waals surface area contributed by atoms with Crippen molar-refractivity contribution >= 4 is 22.7 Å². The minimum Gasteiger partial charge on any atom is -0.494 e. The predicted molar refractivity (Wildman–Crippen MR) is 119 cm³/mol. The lowest BCUT2D eigenvalue weighted by Crippen LogP contribution is -2.14. The van der Waals surface area contributed by atoms with Crippen molar-refractivity contribution in [2.24, 2.45) is 0 Å². The predicted octanol–water partition coefficient (Wildman–Crippen LogP) is 6.23. The first-order valence-electron chi connectivity index (χ1n) is 11.0. The molecule has 1 saturated carbocycles. The first kappa shape index (κ1) is 21.2. The van der Waals surface area contributed by atoms with E-state index in [0.717, 1.165) is 5.39 Å². The number of fused-ring (bicyclic) bond motifs is 1. The lowest BCUT2D eigenvalue weighted by molar-refractivity contribution is 0.0445. The number of rotatable bonds is 7. The smallest absolute Gasteiger partial charge is 0.375 e. The van der Waals surface area contributed by atoms with Crippen LogP contribution in [0.1, 0.15) is 77.0 Å². The summed E-state index contributed by atoms with van der Waals surface area (Å²) in [5, 5.41) is 0.794. The van der Waals surface area contributed by atoms with Gasteiger partial charge in [0.2, 0.25) is 5.76 Å². The van der Waals surface area contributed by atoms with Gasteiger partial charge in [0, 0.05) is 16.5 Å². The summed E-state index contributed by atoms with van der Waals surface area (Å²) >= 11 is 0. The number of carbonyl (C=O) groups is 2. The molecule has 31 heavy (non-hydrogen) atoms. The molecule has 5 heteroatoms. The van der Waals surface area contributed by atoms with Crippen LogP contribution in [0.5, 0.6) is 5.75 Å². The third-order valence-electron chi connectivity index (χ3n) is 6.05. The second-order valence-electron chi connectivity index (χ2n) is 8.10. The number of furan rings is 1.